The minimum absolute atomic E-state index is 0.427. The number of nitrogens with one attached hydrogen (secondary N) is 1. The Bertz CT molecular complexity index is 424. The van der Waals surface area contributed by atoms with Crippen molar-refractivity contribution in [1.29, 1.82) is 0 Å². The number of benzene rings is 1. The van der Waals surface area contributed by atoms with Gasteiger partial charge in [-0.1, -0.05) is 0 Å². The predicted molar refractivity (Wildman–Crippen MR) is 68.0 cm³/mol. The summed E-state index contributed by atoms with van der Waals surface area (Å²) in [6.45, 7) is 3.52. The Hall–Kier alpha value is -1.20. The number of rotatable bonds is 6. The van der Waals surface area contributed by atoms with Crippen LogP contribution in [0.15, 0.2) is 12.1 Å². The molecule has 2 unspecified atom stereocenters. The molecule has 0 saturated heterocycles. The molecule has 3 nitrogen and oxygen atoms in total. The van der Waals surface area contributed by atoms with Crippen molar-refractivity contribution in [1.82, 2.24) is 5.32 Å². The summed E-state index contributed by atoms with van der Waals surface area (Å²) in [5.41, 5.74) is 0.555. The van der Waals surface area contributed by atoms with Crippen LogP contribution in [0.4, 0.5) is 8.78 Å². The predicted octanol–water partition coefficient (Wildman–Crippen LogP) is 2.36. The Morgan fingerprint density at radius 1 is 1.32 bits per heavy atom. The van der Waals surface area contributed by atoms with Gasteiger partial charge < -0.3 is 15.2 Å². The quantitative estimate of drug-likeness (QED) is 0.834. The molecule has 0 heterocycles. The summed E-state index contributed by atoms with van der Waals surface area (Å²) in [6.07, 6.45) is 0.783. The highest BCUT2D eigenvalue weighted by atomic mass is 19.1. The number of aliphatic hydroxyl groups is 1. The lowest BCUT2D eigenvalue weighted by Gasteiger charge is -2.18. The third-order valence-corrected chi connectivity index (χ3v) is 3.21. The van der Waals surface area contributed by atoms with E-state index in [-0.39, 0.29) is 0 Å². The lowest BCUT2D eigenvalue weighted by Crippen LogP contribution is -2.26. The van der Waals surface area contributed by atoms with E-state index >= 15 is 0 Å². The number of aliphatic hydroxyl groups excluding tert-OH is 1. The van der Waals surface area contributed by atoms with Crippen molar-refractivity contribution in [3.63, 3.8) is 0 Å². The highest BCUT2D eigenvalue weighted by Crippen LogP contribution is 2.26. The summed E-state index contributed by atoms with van der Waals surface area (Å²) >= 11 is 0. The molecule has 1 aromatic rings. The molecular formula is C14H19F2NO2. The molecule has 2 atom stereocenters. The second kappa shape index (κ2) is 5.84. The van der Waals surface area contributed by atoms with Crippen molar-refractivity contribution in [3.05, 3.63) is 29.3 Å². The Kier molecular flexibility index (Phi) is 4.37. The fourth-order valence-corrected chi connectivity index (χ4v) is 1.66. The minimum Gasteiger partial charge on any atom is -0.482 e. The summed E-state index contributed by atoms with van der Waals surface area (Å²) in [6, 6.07) is 3.02. The molecular weight excluding hydrogens is 252 g/mol. The molecule has 1 aliphatic carbocycles. The lowest BCUT2D eigenvalue weighted by atomic mass is 10.2. The molecule has 0 bridgehead atoms. The van der Waals surface area contributed by atoms with Crippen LogP contribution in [0.2, 0.25) is 0 Å². The zero-order valence-electron chi connectivity index (χ0n) is 11.1. The molecule has 19 heavy (non-hydrogen) atoms. The maximum atomic E-state index is 13.8. The fraction of sp³-hybridized carbons (Fsp3) is 0.571. The maximum absolute atomic E-state index is 13.8. The first-order valence-electron chi connectivity index (χ1n) is 6.53. The molecule has 1 saturated carbocycles. The lowest BCUT2D eigenvalue weighted by molar-refractivity contribution is 0.0551. The van der Waals surface area contributed by atoms with E-state index in [2.05, 4.69) is 5.32 Å². The number of hydrogen-bond acceptors (Lipinski definition) is 3. The van der Waals surface area contributed by atoms with Crippen molar-refractivity contribution in [2.75, 3.05) is 0 Å². The van der Waals surface area contributed by atoms with Crippen LogP contribution in [-0.4, -0.2) is 23.4 Å². The van der Waals surface area contributed by atoms with Gasteiger partial charge in [-0.15, -0.1) is 0 Å². The first-order valence-corrected chi connectivity index (χ1v) is 6.53. The van der Waals surface area contributed by atoms with Crippen molar-refractivity contribution >= 4 is 0 Å². The van der Waals surface area contributed by atoms with Crippen molar-refractivity contribution < 1.29 is 18.6 Å². The summed E-state index contributed by atoms with van der Waals surface area (Å²) in [7, 11) is 0. The van der Waals surface area contributed by atoms with Crippen LogP contribution in [0.1, 0.15) is 32.3 Å². The fourth-order valence-electron chi connectivity index (χ4n) is 1.66. The number of halogens is 2. The van der Waals surface area contributed by atoms with E-state index in [0.29, 0.717) is 18.2 Å². The summed E-state index contributed by atoms with van der Waals surface area (Å²) in [4.78, 5) is 0. The topological polar surface area (TPSA) is 41.5 Å². The van der Waals surface area contributed by atoms with Crippen LogP contribution in [0.5, 0.6) is 5.75 Å². The Morgan fingerprint density at radius 2 is 1.89 bits per heavy atom. The van der Waals surface area contributed by atoms with E-state index in [9.17, 15) is 13.9 Å². The molecule has 0 radical (unpaired) electrons. The second-order valence-corrected chi connectivity index (χ2v) is 5.11. The molecule has 0 aliphatic heterocycles. The van der Waals surface area contributed by atoms with Crippen molar-refractivity contribution in [2.45, 2.75) is 51.5 Å². The third-order valence-electron chi connectivity index (χ3n) is 3.21. The average molecular weight is 271 g/mol. The first-order chi connectivity index (χ1) is 8.97. The summed E-state index contributed by atoms with van der Waals surface area (Å²) in [5, 5.41) is 12.5. The highest BCUT2D eigenvalue weighted by molar-refractivity contribution is 5.31. The van der Waals surface area contributed by atoms with Crippen LogP contribution >= 0.6 is 0 Å². The van der Waals surface area contributed by atoms with Gasteiger partial charge in [0.15, 0.2) is 17.4 Å². The van der Waals surface area contributed by atoms with Crippen LogP contribution in [0.25, 0.3) is 0 Å². The monoisotopic (exact) mass is 271 g/mol. The highest BCUT2D eigenvalue weighted by Gasteiger charge is 2.21. The molecule has 0 aromatic heterocycles. The van der Waals surface area contributed by atoms with Gasteiger partial charge in [-0.05, 0) is 44.4 Å². The smallest absolute Gasteiger partial charge is 0.191 e. The van der Waals surface area contributed by atoms with Crippen LogP contribution in [0.3, 0.4) is 0 Å². The second-order valence-electron chi connectivity index (χ2n) is 5.11. The number of hydrogen-bond donors (Lipinski definition) is 2. The van der Waals surface area contributed by atoms with Crippen LogP contribution < -0.4 is 10.1 Å². The molecule has 2 rings (SSSR count). The number of ether oxygens (including phenoxy) is 1. The van der Waals surface area contributed by atoms with Gasteiger partial charge in [0, 0.05) is 12.6 Å². The van der Waals surface area contributed by atoms with E-state index in [1.807, 2.05) is 0 Å². The summed E-state index contributed by atoms with van der Waals surface area (Å²) in [5.74, 6) is -1.90. The zero-order valence-corrected chi connectivity index (χ0v) is 11.1. The van der Waals surface area contributed by atoms with Crippen molar-refractivity contribution in [2.24, 2.45) is 0 Å². The van der Waals surface area contributed by atoms with Gasteiger partial charge in [-0.2, -0.15) is 0 Å². The maximum Gasteiger partial charge on any atom is 0.191 e. The molecule has 1 aromatic carbocycles. The van der Waals surface area contributed by atoms with Gasteiger partial charge >= 0.3 is 0 Å². The molecule has 1 fully saturated rings. The van der Waals surface area contributed by atoms with Crippen LogP contribution in [0, 0.1) is 11.6 Å². The van der Waals surface area contributed by atoms with Gasteiger partial charge in [0.25, 0.3) is 0 Å². The first kappa shape index (κ1) is 14.2. The van der Waals surface area contributed by atoms with Gasteiger partial charge in [0.05, 0.1) is 6.10 Å². The van der Waals surface area contributed by atoms with E-state index in [4.69, 9.17) is 4.74 Å². The van der Waals surface area contributed by atoms with Gasteiger partial charge in [0.2, 0.25) is 0 Å². The molecule has 0 amide bonds. The zero-order chi connectivity index (χ0) is 14.0. The molecule has 0 spiro atoms. The molecule has 1 aliphatic rings. The van der Waals surface area contributed by atoms with E-state index in [1.54, 1.807) is 6.92 Å². The Balaban J connectivity index is 2.07. The van der Waals surface area contributed by atoms with E-state index in [1.165, 1.54) is 19.1 Å². The van der Waals surface area contributed by atoms with Crippen LogP contribution in [-0.2, 0) is 6.54 Å². The van der Waals surface area contributed by atoms with Gasteiger partial charge in [-0.3, -0.25) is 0 Å². The molecule has 2 N–H and O–H groups in total. The molecule has 5 heteroatoms. The minimum atomic E-state index is -0.796. The van der Waals surface area contributed by atoms with E-state index < -0.39 is 29.6 Å². The SMILES string of the molecule is CC(O)C(C)Oc1c(F)cc(CNC2CC2)cc1F. The normalized spacial score (nSPS) is 18.2. The largest absolute Gasteiger partial charge is 0.482 e. The third kappa shape index (κ3) is 3.88. The average Bonchev–Trinajstić information content (AvgIpc) is 3.14. The van der Waals surface area contributed by atoms with E-state index in [0.717, 1.165) is 12.8 Å². The molecule has 106 valence electrons. The van der Waals surface area contributed by atoms with Crippen molar-refractivity contribution in [3.8, 4) is 5.75 Å². The van der Waals surface area contributed by atoms with Gasteiger partial charge in [-0.25, -0.2) is 8.78 Å². The Morgan fingerprint density at radius 3 is 2.37 bits per heavy atom. The Labute approximate surface area is 111 Å². The van der Waals surface area contributed by atoms with Gasteiger partial charge in [0.1, 0.15) is 6.10 Å². The standard InChI is InChI=1S/C14H19F2NO2/c1-8(18)9(2)19-14-12(15)5-10(6-13(14)16)7-17-11-3-4-11/h5-6,8-9,11,17-18H,3-4,7H2,1-2H3. The summed E-state index contributed by atoms with van der Waals surface area (Å²) < 4.78 is 32.7.